The molecule has 0 aliphatic carbocycles. The van der Waals surface area contributed by atoms with E-state index in [1.54, 1.807) is 24.3 Å². The van der Waals surface area contributed by atoms with Crippen molar-refractivity contribution in [2.75, 3.05) is 23.8 Å². The summed E-state index contributed by atoms with van der Waals surface area (Å²) in [5, 5.41) is 8.75. The van der Waals surface area contributed by atoms with E-state index < -0.39 is 0 Å². The molecule has 0 atom stereocenters. The summed E-state index contributed by atoms with van der Waals surface area (Å²) in [6.45, 7) is 3.14. The Morgan fingerprint density at radius 2 is 1.50 bits per heavy atom. The zero-order valence-corrected chi connectivity index (χ0v) is 16.9. The van der Waals surface area contributed by atoms with Gasteiger partial charge in [0.1, 0.15) is 5.75 Å². The molecule has 2 amide bonds. The Bertz CT molecular complexity index is 955. The highest BCUT2D eigenvalue weighted by Crippen LogP contribution is 2.15. The molecule has 154 valence electrons. The van der Waals surface area contributed by atoms with Crippen LogP contribution in [0.1, 0.15) is 22.8 Å². The molecular formula is C24H25N3O3. The average Bonchev–Trinajstić information content (AvgIpc) is 2.78. The van der Waals surface area contributed by atoms with E-state index in [1.165, 1.54) is 0 Å². The van der Waals surface area contributed by atoms with E-state index in [0.717, 1.165) is 17.0 Å². The van der Waals surface area contributed by atoms with Crippen LogP contribution in [-0.4, -0.2) is 25.0 Å². The molecule has 0 saturated heterocycles. The summed E-state index contributed by atoms with van der Waals surface area (Å²) in [5.74, 6) is 0.458. The Hall–Kier alpha value is -3.80. The van der Waals surface area contributed by atoms with E-state index in [9.17, 15) is 9.59 Å². The van der Waals surface area contributed by atoms with Gasteiger partial charge in [-0.05, 0) is 61.0 Å². The highest BCUT2D eigenvalue weighted by atomic mass is 16.5. The van der Waals surface area contributed by atoms with Crippen molar-refractivity contribution in [2.45, 2.75) is 13.5 Å². The van der Waals surface area contributed by atoms with Crippen molar-refractivity contribution in [2.24, 2.45) is 0 Å². The first-order valence-corrected chi connectivity index (χ1v) is 9.83. The summed E-state index contributed by atoms with van der Waals surface area (Å²) in [7, 11) is 0. The molecule has 0 unspecified atom stereocenters. The minimum Gasteiger partial charge on any atom is -0.494 e. The molecule has 30 heavy (non-hydrogen) atoms. The molecule has 0 fully saturated rings. The minimum absolute atomic E-state index is 0.132. The number of amides is 2. The lowest BCUT2D eigenvalue weighted by atomic mass is 10.1. The summed E-state index contributed by atoms with van der Waals surface area (Å²) in [6.07, 6.45) is 0. The van der Waals surface area contributed by atoms with Crippen LogP contribution in [0.3, 0.4) is 0 Å². The van der Waals surface area contributed by atoms with Crippen LogP contribution in [0.25, 0.3) is 0 Å². The molecule has 0 bridgehead atoms. The average molecular weight is 403 g/mol. The molecule has 0 aliphatic heterocycles. The molecule has 6 heteroatoms. The zero-order valence-electron chi connectivity index (χ0n) is 16.9. The topological polar surface area (TPSA) is 79.5 Å². The van der Waals surface area contributed by atoms with Crippen LogP contribution in [0.5, 0.6) is 5.75 Å². The number of anilines is 2. The van der Waals surface area contributed by atoms with Crippen LogP contribution < -0.4 is 20.7 Å². The molecule has 0 aliphatic rings. The number of ether oxygens (including phenoxy) is 1. The Labute approximate surface area is 176 Å². The Balaban J connectivity index is 1.45. The van der Waals surface area contributed by atoms with Crippen LogP contribution in [0.15, 0.2) is 78.9 Å². The van der Waals surface area contributed by atoms with Crippen LogP contribution in [0.2, 0.25) is 0 Å². The van der Waals surface area contributed by atoms with E-state index in [2.05, 4.69) is 16.0 Å². The second-order valence-electron chi connectivity index (χ2n) is 6.60. The third-order valence-electron chi connectivity index (χ3n) is 4.35. The lowest BCUT2D eigenvalue weighted by Gasteiger charge is -2.10. The first kappa shape index (κ1) is 20.9. The fraction of sp³-hybridized carbons (Fsp3) is 0.167. The molecule has 3 aromatic rings. The van der Waals surface area contributed by atoms with Gasteiger partial charge in [0.2, 0.25) is 5.91 Å². The maximum atomic E-state index is 12.3. The maximum absolute atomic E-state index is 12.3. The number of hydrogen-bond donors (Lipinski definition) is 3. The SMILES string of the molecule is CCOc1ccc(NCC(=O)Nc2ccc(C(=O)NCc3ccccc3)cc2)cc1. The van der Waals surface area contributed by atoms with Gasteiger partial charge < -0.3 is 20.7 Å². The van der Waals surface area contributed by atoms with Crippen molar-refractivity contribution in [3.05, 3.63) is 90.0 Å². The molecule has 0 saturated carbocycles. The van der Waals surface area contributed by atoms with Gasteiger partial charge in [0.15, 0.2) is 0 Å². The molecule has 3 rings (SSSR count). The second-order valence-corrected chi connectivity index (χ2v) is 6.60. The van der Waals surface area contributed by atoms with Crippen LogP contribution >= 0.6 is 0 Å². The molecular weight excluding hydrogens is 378 g/mol. The van der Waals surface area contributed by atoms with Crippen molar-refractivity contribution >= 4 is 23.2 Å². The summed E-state index contributed by atoms with van der Waals surface area (Å²) < 4.78 is 5.39. The van der Waals surface area contributed by atoms with Gasteiger partial charge in [-0.1, -0.05) is 30.3 Å². The van der Waals surface area contributed by atoms with Gasteiger partial charge in [-0.15, -0.1) is 0 Å². The molecule has 3 aromatic carbocycles. The van der Waals surface area contributed by atoms with Crippen molar-refractivity contribution in [3.63, 3.8) is 0 Å². The summed E-state index contributed by atoms with van der Waals surface area (Å²) in [6, 6.07) is 24.0. The Morgan fingerprint density at radius 1 is 0.833 bits per heavy atom. The quantitative estimate of drug-likeness (QED) is 0.503. The van der Waals surface area contributed by atoms with Crippen molar-refractivity contribution in [1.29, 1.82) is 0 Å². The number of benzene rings is 3. The predicted molar refractivity (Wildman–Crippen MR) is 119 cm³/mol. The number of carbonyl (C=O) groups excluding carboxylic acids is 2. The largest absolute Gasteiger partial charge is 0.494 e. The first-order valence-electron chi connectivity index (χ1n) is 9.83. The van der Waals surface area contributed by atoms with Crippen LogP contribution in [0, 0.1) is 0 Å². The van der Waals surface area contributed by atoms with Crippen LogP contribution in [0.4, 0.5) is 11.4 Å². The molecule has 0 spiro atoms. The summed E-state index contributed by atoms with van der Waals surface area (Å²) >= 11 is 0. The number of nitrogens with one attached hydrogen (secondary N) is 3. The van der Waals surface area contributed by atoms with Crippen LogP contribution in [-0.2, 0) is 11.3 Å². The number of carbonyl (C=O) groups is 2. The zero-order chi connectivity index (χ0) is 21.2. The molecule has 3 N–H and O–H groups in total. The number of hydrogen-bond acceptors (Lipinski definition) is 4. The van der Waals surface area contributed by atoms with E-state index in [-0.39, 0.29) is 18.4 Å². The highest BCUT2D eigenvalue weighted by Gasteiger charge is 2.07. The highest BCUT2D eigenvalue weighted by molar-refractivity contribution is 5.96. The molecule has 0 aromatic heterocycles. The standard InChI is InChI=1S/C24H25N3O3/c1-2-30-22-14-12-20(13-15-22)25-17-23(28)27-21-10-8-19(9-11-21)24(29)26-16-18-6-4-3-5-7-18/h3-15,25H,2,16-17H2,1H3,(H,26,29)(H,27,28). The van der Waals surface area contributed by atoms with Crippen molar-refractivity contribution in [3.8, 4) is 5.75 Å². The van der Waals surface area contributed by atoms with E-state index in [1.807, 2.05) is 61.5 Å². The third-order valence-corrected chi connectivity index (χ3v) is 4.35. The number of rotatable bonds is 9. The van der Waals surface area contributed by atoms with E-state index in [0.29, 0.717) is 24.4 Å². The fourth-order valence-electron chi connectivity index (χ4n) is 2.81. The Morgan fingerprint density at radius 3 is 2.17 bits per heavy atom. The van der Waals surface area contributed by atoms with Gasteiger partial charge >= 0.3 is 0 Å². The second kappa shape index (κ2) is 10.7. The predicted octanol–water partition coefficient (Wildman–Crippen LogP) is 4.07. The van der Waals surface area contributed by atoms with Gasteiger partial charge in [-0.3, -0.25) is 9.59 Å². The lowest BCUT2D eigenvalue weighted by molar-refractivity contribution is -0.114. The monoisotopic (exact) mass is 403 g/mol. The lowest BCUT2D eigenvalue weighted by Crippen LogP contribution is -2.23. The van der Waals surface area contributed by atoms with Gasteiger partial charge in [0.25, 0.3) is 5.91 Å². The third kappa shape index (κ3) is 6.38. The van der Waals surface area contributed by atoms with Crippen molar-refractivity contribution < 1.29 is 14.3 Å². The Kier molecular flexibility index (Phi) is 7.44. The fourth-order valence-corrected chi connectivity index (χ4v) is 2.81. The van der Waals surface area contributed by atoms with Gasteiger partial charge in [0.05, 0.1) is 13.2 Å². The van der Waals surface area contributed by atoms with Gasteiger partial charge in [-0.2, -0.15) is 0 Å². The van der Waals surface area contributed by atoms with Gasteiger partial charge in [0, 0.05) is 23.5 Å². The smallest absolute Gasteiger partial charge is 0.251 e. The molecule has 6 nitrogen and oxygen atoms in total. The van der Waals surface area contributed by atoms with Gasteiger partial charge in [-0.25, -0.2) is 0 Å². The van der Waals surface area contributed by atoms with E-state index >= 15 is 0 Å². The maximum Gasteiger partial charge on any atom is 0.251 e. The van der Waals surface area contributed by atoms with E-state index in [4.69, 9.17) is 4.74 Å². The normalized spacial score (nSPS) is 10.2. The molecule has 0 heterocycles. The molecule has 0 radical (unpaired) electrons. The summed E-state index contributed by atoms with van der Waals surface area (Å²) in [5.41, 5.74) is 3.04. The summed E-state index contributed by atoms with van der Waals surface area (Å²) in [4.78, 5) is 24.4. The first-order chi connectivity index (χ1) is 14.6. The van der Waals surface area contributed by atoms with Crippen molar-refractivity contribution in [1.82, 2.24) is 5.32 Å². The minimum atomic E-state index is -0.176.